The standard InChI is InChI=1S/C18H15NO4/c1-11(2)18(22)23-13-7-5-6-12(10-13)19-16(20)14-8-3-4-9-15(14)17(19)21/h3-11H,1-2H3. The van der Waals surface area contributed by atoms with Crippen molar-refractivity contribution in [2.45, 2.75) is 13.8 Å². The predicted octanol–water partition coefficient (Wildman–Crippen LogP) is 3.05. The molecule has 0 unspecified atom stereocenters. The molecule has 2 amide bonds. The van der Waals surface area contributed by atoms with E-state index in [9.17, 15) is 14.4 Å². The van der Waals surface area contributed by atoms with E-state index in [2.05, 4.69) is 0 Å². The molecule has 2 aromatic rings. The van der Waals surface area contributed by atoms with Gasteiger partial charge in [-0.1, -0.05) is 32.0 Å². The number of hydrogen-bond acceptors (Lipinski definition) is 4. The lowest BCUT2D eigenvalue weighted by Crippen LogP contribution is -2.29. The molecule has 1 aliphatic heterocycles. The van der Waals surface area contributed by atoms with Gasteiger partial charge in [0, 0.05) is 6.07 Å². The largest absolute Gasteiger partial charge is 0.426 e. The summed E-state index contributed by atoms with van der Waals surface area (Å²) in [6, 6.07) is 13.1. The van der Waals surface area contributed by atoms with Crippen LogP contribution >= 0.6 is 0 Å². The van der Waals surface area contributed by atoms with Crippen LogP contribution in [-0.4, -0.2) is 17.8 Å². The van der Waals surface area contributed by atoms with E-state index in [1.54, 1.807) is 56.3 Å². The Kier molecular flexibility index (Phi) is 3.70. The van der Waals surface area contributed by atoms with Crippen molar-refractivity contribution in [2.24, 2.45) is 5.92 Å². The highest BCUT2D eigenvalue weighted by Gasteiger charge is 2.36. The lowest BCUT2D eigenvalue weighted by Gasteiger charge is -2.15. The molecular weight excluding hydrogens is 294 g/mol. The number of esters is 1. The summed E-state index contributed by atoms with van der Waals surface area (Å²) in [6.07, 6.45) is 0. The Morgan fingerprint density at radius 3 is 2.13 bits per heavy atom. The minimum absolute atomic E-state index is 0.266. The number of carbonyl (C=O) groups is 3. The molecule has 0 bridgehead atoms. The number of carbonyl (C=O) groups excluding carboxylic acids is 3. The van der Waals surface area contributed by atoms with Gasteiger partial charge in [-0.05, 0) is 24.3 Å². The molecule has 0 atom stereocenters. The summed E-state index contributed by atoms with van der Waals surface area (Å²) < 4.78 is 5.24. The van der Waals surface area contributed by atoms with Gasteiger partial charge >= 0.3 is 5.97 Å². The molecule has 5 nitrogen and oxygen atoms in total. The molecule has 2 aromatic carbocycles. The number of ether oxygens (including phenoxy) is 1. The third-order valence-corrected chi connectivity index (χ3v) is 3.56. The highest BCUT2D eigenvalue weighted by atomic mass is 16.5. The van der Waals surface area contributed by atoms with Crippen LogP contribution in [0.2, 0.25) is 0 Å². The Morgan fingerprint density at radius 2 is 1.57 bits per heavy atom. The van der Waals surface area contributed by atoms with Gasteiger partial charge in [0.2, 0.25) is 0 Å². The monoisotopic (exact) mass is 309 g/mol. The van der Waals surface area contributed by atoms with Crippen molar-refractivity contribution in [3.05, 3.63) is 59.7 Å². The topological polar surface area (TPSA) is 63.7 Å². The van der Waals surface area contributed by atoms with Gasteiger partial charge in [0.05, 0.1) is 22.7 Å². The second kappa shape index (κ2) is 5.68. The van der Waals surface area contributed by atoms with Crippen molar-refractivity contribution in [1.29, 1.82) is 0 Å². The maximum atomic E-state index is 12.4. The summed E-state index contributed by atoms with van der Waals surface area (Å²) in [5, 5.41) is 0. The first kappa shape index (κ1) is 15.0. The molecule has 23 heavy (non-hydrogen) atoms. The number of benzene rings is 2. The van der Waals surface area contributed by atoms with Gasteiger partial charge < -0.3 is 4.74 Å². The van der Waals surface area contributed by atoms with Crippen molar-refractivity contribution >= 4 is 23.5 Å². The highest BCUT2D eigenvalue weighted by Crippen LogP contribution is 2.30. The third kappa shape index (κ3) is 2.61. The predicted molar refractivity (Wildman–Crippen MR) is 84.5 cm³/mol. The van der Waals surface area contributed by atoms with E-state index in [0.29, 0.717) is 22.6 Å². The molecule has 1 aliphatic rings. The van der Waals surface area contributed by atoms with E-state index in [1.807, 2.05) is 0 Å². The second-order valence-electron chi connectivity index (χ2n) is 5.56. The first-order valence-electron chi connectivity index (χ1n) is 7.28. The maximum Gasteiger partial charge on any atom is 0.313 e. The molecule has 5 heteroatoms. The van der Waals surface area contributed by atoms with E-state index in [-0.39, 0.29) is 23.7 Å². The molecule has 3 rings (SSSR count). The van der Waals surface area contributed by atoms with Gasteiger partial charge in [-0.2, -0.15) is 0 Å². The van der Waals surface area contributed by atoms with Crippen molar-refractivity contribution < 1.29 is 19.1 Å². The van der Waals surface area contributed by atoms with Gasteiger partial charge in [0.15, 0.2) is 0 Å². The minimum atomic E-state index is -0.377. The number of imide groups is 1. The quantitative estimate of drug-likeness (QED) is 0.496. The molecule has 0 N–H and O–H groups in total. The van der Waals surface area contributed by atoms with Crippen LogP contribution in [0.1, 0.15) is 34.6 Å². The van der Waals surface area contributed by atoms with Crippen molar-refractivity contribution in [3.63, 3.8) is 0 Å². The summed E-state index contributed by atoms with van der Waals surface area (Å²) in [5.41, 5.74) is 1.13. The van der Waals surface area contributed by atoms with Crippen molar-refractivity contribution in [2.75, 3.05) is 4.90 Å². The number of nitrogens with zero attached hydrogens (tertiary/aromatic N) is 1. The third-order valence-electron chi connectivity index (χ3n) is 3.56. The summed E-state index contributed by atoms with van der Waals surface area (Å²) >= 11 is 0. The average Bonchev–Trinajstić information content (AvgIpc) is 2.79. The smallest absolute Gasteiger partial charge is 0.313 e. The van der Waals surface area contributed by atoms with Crippen LogP contribution < -0.4 is 9.64 Å². The molecule has 0 saturated carbocycles. The summed E-state index contributed by atoms with van der Waals surface area (Å²) in [4.78, 5) is 37.7. The minimum Gasteiger partial charge on any atom is -0.426 e. The normalized spacial score (nSPS) is 13.4. The number of anilines is 1. The molecule has 0 radical (unpaired) electrons. The van der Waals surface area contributed by atoms with Gasteiger partial charge in [0.1, 0.15) is 5.75 Å². The molecule has 0 aromatic heterocycles. The molecule has 1 heterocycles. The molecule has 0 fully saturated rings. The van der Waals surface area contributed by atoms with Crippen molar-refractivity contribution in [3.8, 4) is 5.75 Å². The molecule has 0 spiro atoms. The Balaban J connectivity index is 1.93. The first-order chi connectivity index (χ1) is 11.0. The Hall–Kier alpha value is -2.95. The number of fused-ring (bicyclic) bond motifs is 1. The van der Waals surface area contributed by atoms with Gasteiger partial charge in [-0.3, -0.25) is 14.4 Å². The lowest BCUT2D eigenvalue weighted by atomic mass is 10.1. The van der Waals surface area contributed by atoms with Gasteiger partial charge in [0.25, 0.3) is 11.8 Å². The zero-order valence-electron chi connectivity index (χ0n) is 12.8. The fraction of sp³-hybridized carbons (Fsp3) is 0.167. The van der Waals surface area contributed by atoms with Crippen LogP contribution in [0.4, 0.5) is 5.69 Å². The second-order valence-corrected chi connectivity index (χ2v) is 5.56. The highest BCUT2D eigenvalue weighted by molar-refractivity contribution is 6.34. The molecule has 0 aliphatic carbocycles. The van der Waals surface area contributed by atoms with E-state index >= 15 is 0 Å². The van der Waals surface area contributed by atoms with Crippen LogP contribution in [0, 0.1) is 5.92 Å². The zero-order chi connectivity index (χ0) is 16.6. The molecule has 0 saturated heterocycles. The SMILES string of the molecule is CC(C)C(=O)Oc1cccc(N2C(=O)c3ccccc3C2=O)c1. The number of hydrogen-bond donors (Lipinski definition) is 0. The van der Waals surface area contributed by atoms with Gasteiger partial charge in [-0.15, -0.1) is 0 Å². The zero-order valence-corrected chi connectivity index (χ0v) is 12.8. The van der Waals surface area contributed by atoms with E-state index in [1.165, 1.54) is 6.07 Å². The Bertz CT molecular complexity index is 775. The Labute approximate surface area is 133 Å². The van der Waals surface area contributed by atoms with E-state index in [4.69, 9.17) is 4.74 Å². The van der Waals surface area contributed by atoms with Crippen LogP contribution in [0.3, 0.4) is 0 Å². The number of amides is 2. The van der Waals surface area contributed by atoms with Crippen LogP contribution in [-0.2, 0) is 4.79 Å². The first-order valence-corrected chi connectivity index (χ1v) is 7.28. The van der Waals surface area contributed by atoms with Gasteiger partial charge in [-0.25, -0.2) is 4.90 Å². The Morgan fingerprint density at radius 1 is 0.957 bits per heavy atom. The number of rotatable bonds is 3. The fourth-order valence-corrected chi connectivity index (χ4v) is 2.34. The molecule has 116 valence electrons. The summed E-state index contributed by atoms with van der Waals surface area (Å²) in [6.45, 7) is 3.46. The van der Waals surface area contributed by atoms with E-state index in [0.717, 1.165) is 4.90 Å². The maximum absolute atomic E-state index is 12.4. The molecular formula is C18H15NO4. The van der Waals surface area contributed by atoms with Crippen molar-refractivity contribution in [1.82, 2.24) is 0 Å². The van der Waals surface area contributed by atoms with Crippen LogP contribution in [0.25, 0.3) is 0 Å². The summed E-state index contributed by atoms with van der Waals surface area (Å²) in [7, 11) is 0. The van der Waals surface area contributed by atoms with E-state index < -0.39 is 0 Å². The van der Waals surface area contributed by atoms with Crippen LogP contribution in [0.5, 0.6) is 5.75 Å². The average molecular weight is 309 g/mol. The summed E-state index contributed by atoms with van der Waals surface area (Å²) in [5.74, 6) is -1.09. The van der Waals surface area contributed by atoms with Crippen LogP contribution in [0.15, 0.2) is 48.5 Å². The lowest BCUT2D eigenvalue weighted by molar-refractivity contribution is -0.137. The fourth-order valence-electron chi connectivity index (χ4n) is 2.34.